The largest absolute Gasteiger partial charge is 0.497 e. The Labute approximate surface area is 133 Å². The molecule has 2 aliphatic rings. The molecule has 1 aromatic rings. The van der Waals surface area contributed by atoms with Crippen molar-refractivity contribution >= 4 is 21.8 Å². The van der Waals surface area contributed by atoms with Crippen LogP contribution in [0.25, 0.3) is 0 Å². The number of methoxy groups -OCH3 is 2. The van der Waals surface area contributed by atoms with E-state index in [1.807, 2.05) is 0 Å². The second-order valence-corrected chi connectivity index (χ2v) is 7.06. The van der Waals surface area contributed by atoms with Gasteiger partial charge >= 0.3 is 0 Å². The summed E-state index contributed by atoms with van der Waals surface area (Å²) in [5.41, 5.74) is 0.649. The maximum atomic E-state index is 12.9. The normalized spacial score (nSPS) is 27.6. The van der Waals surface area contributed by atoms with Gasteiger partial charge in [0.15, 0.2) is 0 Å². The molecule has 0 aromatic heterocycles. The zero-order valence-corrected chi connectivity index (χ0v) is 13.9. The van der Waals surface area contributed by atoms with Crippen molar-refractivity contribution in [1.82, 2.24) is 4.90 Å². The smallest absolute Gasteiger partial charge is 0.254 e. The van der Waals surface area contributed by atoms with E-state index in [9.17, 15) is 4.79 Å². The fourth-order valence-corrected chi connectivity index (χ4v) is 4.39. The lowest BCUT2D eigenvalue weighted by atomic mass is 10.0. The second kappa shape index (κ2) is 5.87. The Bertz CT molecular complexity index is 512. The molecule has 0 spiro atoms. The minimum absolute atomic E-state index is 0.0964. The molecule has 4 nitrogen and oxygen atoms in total. The molecule has 2 bridgehead atoms. The highest BCUT2D eigenvalue weighted by Gasteiger charge is 2.42. The number of piperidine rings is 1. The van der Waals surface area contributed by atoms with E-state index in [1.54, 1.807) is 32.4 Å². The highest BCUT2D eigenvalue weighted by Crippen LogP contribution is 2.39. The summed E-state index contributed by atoms with van der Waals surface area (Å²) in [4.78, 5) is 15.5. The van der Waals surface area contributed by atoms with E-state index in [2.05, 4.69) is 20.8 Å². The number of ether oxygens (including phenoxy) is 2. The fourth-order valence-electron chi connectivity index (χ4n) is 3.52. The molecule has 0 aliphatic carbocycles. The van der Waals surface area contributed by atoms with Crippen LogP contribution in [-0.4, -0.2) is 41.9 Å². The molecule has 2 unspecified atom stereocenters. The van der Waals surface area contributed by atoms with Gasteiger partial charge in [-0.2, -0.15) is 0 Å². The highest BCUT2D eigenvalue weighted by atomic mass is 79.9. The summed E-state index contributed by atoms with van der Waals surface area (Å²) < 4.78 is 10.5. The zero-order valence-electron chi connectivity index (χ0n) is 12.3. The van der Waals surface area contributed by atoms with E-state index in [1.165, 1.54) is 0 Å². The van der Waals surface area contributed by atoms with Gasteiger partial charge in [0.05, 0.1) is 14.2 Å². The third-order valence-electron chi connectivity index (χ3n) is 4.51. The molecular weight excluding hydrogens is 334 g/mol. The molecule has 2 fully saturated rings. The topological polar surface area (TPSA) is 38.8 Å². The summed E-state index contributed by atoms with van der Waals surface area (Å²) in [6.45, 7) is 0. The van der Waals surface area contributed by atoms with Crippen molar-refractivity contribution < 1.29 is 14.3 Å². The van der Waals surface area contributed by atoms with Crippen LogP contribution in [0.4, 0.5) is 0 Å². The number of carbonyl (C=O) groups excluding carboxylic acids is 1. The van der Waals surface area contributed by atoms with Crippen molar-refractivity contribution in [1.29, 1.82) is 0 Å². The lowest BCUT2D eigenvalue weighted by Crippen LogP contribution is -2.46. The zero-order chi connectivity index (χ0) is 15.0. The predicted octanol–water partition coefficient (Wildman–Crippen LogP) is 3.23. The van der Waals surface area contributed by atoms with Gasteiger partial charge in [0.25, 0.3) is 5.91 Å². The number of hydrogen-bond acceptors (Lipinski definition) is 3. The highest BCUT2D eigenvalue weighted by molar-refractivity contribution is 9.09. The minimum atomic E-state index is 0.0964. The number of rotatable bonds is 3. The van der Waals surface area contributed by atoms with E-state index in [0.29, 0.717) is 34.0 Å². The molecular formula is C16H20BrNO3. The van der Waals surface area contributed by atoms with Crippen LogP contribution < -0.4 is 9.47 Å². The monoisotopic (exact) mass is 353 g/mol. The maximum absolute atomic E-state index is 12.9. The van der Waals surface area contributed by atoms with E-state index in [-0.39, 0.29) is 5.91 Å². The van der Waals surface area contributed by atoms with Crippen molar-refractivity contribution in [3.05, 3.63) is 23.8 Å². The lowest BCUT2D eigenvalue weighted by Gasteiger charge is -2.37. The molecule has 0 radical (unpaired) electrons. The van der Waals surface area contributed by atoms with Gasteiger partial charge in [-0.25, -0.2) is 0 Å². The van der Waals surface area contributed by atoms with Crippen LogP contribution in [0.2, 0.25) is 0 Å². The lowest BCUT2D eigenvalue weighted by molar-refractivity contribution is 0.0603. The van der Waals surface area contributed by atoms with Crippen LogP contribution >= 0.6 is 15.9 Å². The van der Waals surface area contributed by atoms with Gasteiger partial charge in [-0.1, -0.05) is 15.9 Å². The number of benzene rings is 1. The predicted molar refractivity (Wildman–Crippen MR) is 84.5 cm³/mol. The average molecular weight is 354 g/mol. The second-order valence-electron chi connectivity index (χ2n) is 5.77. The summed E-state index contributed by atoms with van der Waals surface area (Å²) >= 11 is 3.71. The van der Waals surface area contributed by atoms with Crippen molar-refractivity contribution in [2.45, 2.75) is 42.6 Å². The van der Waals surface area contributed by atoms with Crippen molar-refractivity contribution in [3.8, 4) is 11.5 Å². The summed E-state index contributed by atoms with van der Waals surface area (Å²) in [7, 11) is 3.20. The van der Waals surface area contributed by atoms with Gasteiger partial charge in [-0.15, -0.1) is 0 Å². The third kappa shape index (κ3) is 2.76. The van der Waals surface area contributed by atoms with Crippen LogP contribution in [0, 0.1) is 0 Å². The van der Waals surface area contributed by atoms with E-state index in [4.69, 9.17) is 9.47 Å². The maximum Gasteiger partial charge on any atom is 0.254 e. The van der Waals surface area contributed by atoms with Crippen molar-refractivity contribution in [2.75, 3.05) is 14.2 Å². The van der Waals surface area contributed by atoms with Crippen LogP contribution in [-0.2, 0) is 0 Å². The number of halogens is 1. The first-order valence-electron chi connectivity index (χ1n) is 7.32. The molecule has 3 rings (SSSR count). The van der Waals surface area contributed by atoms with E-state index in [0.717, 1.165) is 25.7 Å². The average Bonchev–Trinajstić information content (AvgIpc) is 2.77. The first kappa shape index (κ1) is 14.7. The Kier molecular flexibility index (Phi) is 4.11. The quantitative estimate of drug-likeness (QED) is 0.783. The van der Waals surface area contributed by atoms with Gasteiger partial charge in [-0.3, -0.25) is 4.79 Å². The molecule has 5 heteroatoms. The summed E-state index contributed by atoms with van der Waals surface area (Å²) in [6, 6.07) is 6.10. The SMILES string of the molecule is COc1cc(OC)cc(C(=O)N2C3CCC2CC(Br)C3)c1. The standard InChI is InChI=1S/C16H20BrNO3/c1-20-14-5-10(6-15(9-14)21-2)16(19)18-12-3-4-13(18)8-11(17)7-12/h5-6,9,11-13H,3-4,7-8H2,1-2H3. The van der Waals surface area contributed by atoms with Crippen LogP contribution in [0.1, 0.15) is 36.0 Å². The number of fused-ring (bicyclic) bond motifs is 2. The van der Waals surface area contributed by atoms with Crippen molar-refractivity contribution in [3.63, 3.8) is 0 Å². The van der Waals surface area contributed by atoms with Gasteiger partial charge in [0.2, 0.25) is 0 Å². The van der Waals surface area contributed by atoms with Crippen LogP contribution in [0.5, 0.6) is 11.5 Å². The van der Waals surface area contributed by atoms with E-state index < -0.39 is 0 Å². The first-order valence-corrected chi connectivity index (χ1v) is 8.23. The Balaban J connectivity index is 1.89. The Hall–Kier alpha value is -1.23. The van der Waals surface area contributed by atoms with Gasteiger partial charge < -0.3 is 14.4 Å². The molecule has 1 amide bonds. The molecule has 114 valence electrons. The number of amides is 1. The number of hydrogen-bond donors (Lipinski definition) is 0. The molecule has 2 heterocycles. The summed E-state index contributed by atoms with van der Waals surface area (Å²) in [5.74, 6) is 1.40. The van der Waals surface area contributed by atoms with Crippen LogP contribution in [0.3, 0.4) is 0 Å². The van der Waals surface area contributed by atoms with Gasteiger partial charge in [0, 0.05) is 28.5 Å². The summed E-state index contributed by atoms with van der Waals surface area (Å²) in [6.07, 6.45) is 4.31. The fraction of sp³-hybridized carbons (Fsp3) is 0.562. The molecule has 21 heavy (non-hydrogen) atoms. The number of alkyl halides is 1. The summed E-state index contributed by atoms with van der Waals surface area (Å²) in [5, 5.41) is 0. The van der Waals surface area contributed by atoms with Crippen molar-refractivity contribution in [2.24, 2.45) is 0 Å². The number of carbonyl (C=O) groups is 1. The molecule has 0 saturated carbocycles. The Morgan fingerprint density at radius 3 is 2.10 bits per heavy atom. The third-order valence-corrected chi connectivity index (χ3v) is 5.26. The van der Waals surface area contributed by atoms with E-state index >= 15 is 0 Å². The molecule has 0 N–H and O–H groups in total. The van der Waals surface area contributed by atoms with Gasteiger partial charge in [0.1, 0.15) is 11.5 Å². The molecule has 2 atom stereocenters. The minimum Gasteiger partial charge on any atom is -0.497 e. The molecule has 2 aliphatic heterocycles. The first-order chi connectivity index (χ1) is 10.1. The van der Waals surface area contributed by atoms with Gasteiger partial charge in [-0.05, 0) is 37.8 Å². The Morgan fingerprint density at radius 2 is 1.62 bits per heavy atom. The Morgan fingerprint density at radius 1 is 1.10 bits per heavy atom. The molecule has 2 saturated heterocycles. The van der Waals surface area contributed by atoms with Crippen LogP contribution in [0.15, 0.2) is 18.2 Å². The molecule has 1 aromatic carbocycles. The number of nitrogens with zero attached hydrogens (tertiary/aromatic N) is 1.